The van der Waals surface area contributed by atoms with E-state index in [4.69, 9.17) is 0 Å². The number of aryl methyl sites for hydroxylation is 3. The average Bonchev–Trinajstić information content (AvgIpc) is 3.18. The van der Waals surface area contributed by atoms with Gasteiger partial charge in [-0.1, -0.05) is 0 Å². The molecule has 1 aliphatic rings. The Morgan fingerprint density at radius 1 is 1.20 bits per heavy atom. The van der Waals surface area contributed by atoms with Crippen LogP contribution >= 0.6 is 0 Å². The molecule has 2 aromatic heterocycles. The number of carbonyl (C=O) groups excluding carboxylic acids is 2. The van der Waals surface area contributed by atoms with E-state index in [0.717, 1.165) is 30.0 Å². The molecule has 2 aromatic rings. The third kappa shape index (κ3) is 3.23. The largest absolute Gasteiger partial charge is 0.339 e. The van der Waals surface area contributed by atoms with Crippen LogP contribution < -0.4 is 0 Å². The van der Waals surface area contributed by atoms with Crippen molar-refractivity contribution >= 4 is 11.7 Å². The molecule has 25 heavy (non-hydrogen) atoms. The number of nitrogens with zero attached hydrogens (tertiary/aromatic N) is 5. The molecule has 1 aliphatic heterocycles. The number of hydrogen-bond acceptors (Lipinski definition) is 4. The lowest BCUT2D eigenvalue weighted by atomic mass is 10.1. The van der Waals surface area contributed by atoms with Crippen molar-refractivity contribution in [1.29, 1.82) is 0 Å². The number of carbonyl (C=O) groups is 2. The molecule has 1 amide bonds. The summed E-state index contributed by atoms with van der Waals surface area (Å²) in [5.74, 6) is 0.0178. The van der Waals surface area contributed by atoms with Crippen molar-refractivity contribution in [3.8, 4) is 0 Å². The van der Waals surface area contributed by atoms with E-state index in [1.807, 2.05) is 30.4 Å². The van der Waals surface area contributed by atoms with E-state index in [1.54, 1.807) is 11.6 Å². The van der Waals surface area contributed by atoms with E-state index < -0.39 is 0 Å². The summed E-state index contributed by atoms with van der Waals surface area (Å²) in [5, 5.41) is 8.91. The molecule has 7 heteroatoms. The van der Waals surface area contributed by atoms with Gasteiger partial charge in [-0.25, -0.2) is 0 Å². The Balaban J connectivity index is 1.70. The lowest BCUT2D eigenvalue weighted by molar-refractivity contribution is -0.131. The number of aromatic nitrogens is 4. The summed E-state index contributed by atoms with van der Waals surface area (Å²) in [6.07, 6.45) is 0.906. The Hall–Kier alpha value is -2.44. The number of Topliss-reactive ketones (excluding diaryl/α,β-unsaturated/α-hetero) is 1. The van der Waals surface area contributed by atoms with Crippen LogP contribution in [0.15, 0.2) is 6.07 Å². The monoisotopic (exact) mass is 343 g/mol. The van der Waals surface area contributed by atoms with Crippen molar-refractivity contribution in [2.75, 3.05) is 13.1 Å². The summed E-state index contributed by atoms with van der Waals surface area (Å²) in [4.78, 5) is 26.3. The SMILES string of the molecule is CC(=O)c1c(C)nn(CC(=O)N2CC[C@H](n3nc(C)cc3C)C2)c1C. The molecule has 134 valence electrons. The molecule has 0 saturated carbocycles. The molecule has 1 fully saturated rings. The van der Waals surface area contributed by atoms with Crippen LogP contribution in [0.25, 0.3) is 0 Å². The summed E-state index contributed by atoms with van der Waals surface area (Å²) in [7, 11) is 0. The minimum absolute atomic E-state index is 0.0144. The molecule has 0 spiro atoms. The Morgan fingerprint density at radius 3 is 2.48 bits per heavy atom. The van der Waals surface area contributed by atoms with Crippen LogP contribution in [-0.4, -0.2) is 49.2 Å². The zero-order chi connectivity index (χ0) is 18.3. The van der Waals surface area contributed by atoms with Gasteiger partial charge in [-0.2, -0.15) is 10.2 Å². The number of amides is 1. The first kappa shape index (κ1) is 17.4. The van der Waals surface area contributed by atoms with Crippen LogP contribution in [0.2, 0.25) is 0 Å². The maximum atomic E-state index is 12.7. The van der Waals surface area contributed by atoms with Gasteiger partial charge in [0.2, 0.25) is 5.91 Å². The second-order valence-corrected chi connectivity index (χ2v) is 6.91. The first-order valence-corrected chi connectivity index (χ1v) is 8.63. The molecule has 0 unspecified atom stereocenters. The highest BCUT2D eigenvalue weighted by molar-refractivity contribution is 5.96. The fourth-order valence-corrected chi connectivity index (χ4v) is 3.77. The fraction of sp³-hybridized carbons (Fsp3) is 0.556. The van der Waals surface area contributed by atoms with Crippen LogP contribution in [0.4, 0.5) is 0 Å². The Bertz CT molecular complexity index is 833. The highest BCUT2D eigenvalue weighted by Crippen LogP contribution is 2.23. The standard InChI is InChI=1S/C18H25N5O2/c1-11-8-12(2)23(19-11)16-6-7-21(9-16)17(25)10-22-14(4)18(15(5)24)13(3)20-22/h8,16H,6-7,9-10H2,1-5H3/t16-/m0/s1. The van der Waals surface area contributed by atoms with Gasteiger partial charge in [0, 0.05) is 24.5 Å². The summed E-state index contributed by atoms with van der Waals surface area (Å²) in [5.41, 5.74) is 4.19. The van der Waals surface area contributed by atoms with Crippen molar-refractivity contribution in [3.05, 3.63) is 34.4 Å². The van der Waals surface area contributed by atoms with Crippen molar-refractivity contribution in [3.63, 3.8) is 0 Å². The quantitative estimate of drug-likeness (QED) is 0.796. The van der Waals surface area contributed by atoms with E-state index in [0.29, 0.717) is 17.8 Å². The molecule has 0 bridgehead atoms. The van der Waals surface area contributed by atoms with Gasteiger partial charge in [-0.15, -0.1) is 0 Å². The molecular formula is C18H25N5O2. The van der Waals surface area contributed by atoms with E-state index in [-0.39, 0.29) is 24.3 Å². The van der Waals surface area contributed by atoms with Crippen LogP contribution in [0.5, 0.6) is 0 Å². The highest BCUT2D eigenvalue weighted by Gasteiger charge is 2.29. The minimum Gasteiger partial charge on any atom is -0.339 e. The van der Waals surface area contributed by atoms with Crippen molar-refractivity contribution < 1.29 is 9.59 Å². The van der Waals surface area contributed by atoms with Crippen molar-refractivity contribution in [2.45, 2.75) is 53.6 Å². The third-order valence-corrected chi connectivity index (χ3v) is 4.93. The molecule has 0 aromatic carbocycles. The second-order valence-electron chi connectivity index (χ2n) is 6.91. The summed E-state index contributed by atoms with van der Waals surface area (Å²) < 4.78 is 3.67. The van der Waals surface area contributed by atoms with Gasteiger partial charge in [0.1, 0.15) is 6.54 Å². The summed E-state index contributed by atoms with van der Waals surface area (Å²) in [6.45, 7) is 10.8. The van der Waals surface area contributed by atoms with Gasteiger partial charge in [0.25, 0.3) is 0 Å². The number of hydrogen-bond donors (Lipinski definition) is 0. The van der Waals surface area contributed by atoms with Crippen molar-refractivity contribution in [2.24, 2.45) is 0 Å². The van der Waals surface area contributed by atoms with Gasteiger partial charge in [-0.3, -0.25) is 19.0 Å². The van der Waals surface area contributed by atoms with Gasteiger partial charge >= 0.3 is 0 Å². The first-order chi connectivity index (χ1) is 11.8. The average molecular weight is 343 g/mol. The van der Waals surface area contributed by atoms with Crippen LogP contribution in [0, 0.1) is 27.7 Å². The Morgan fingerprint density at radius 2 is 1.92 bits per heavy atom. The second kappa shape index (κ2) is 6.46. The normalized spacial score (nSPS) is 17.3. The van der Waals surface area contributed by atoms with E-state index in [2.05, 4.69) is 16.3 Å². The fourth-order valence-electron chi connectivity index (χ4n) is 3.77. The highest BCUT2D eigenvalue weighted by atomic mass is 16.2. The van der Waals surface area contributed by atoms with Crippen LogP contribution in [-0.2, 0) is 11.3 Å². The van der Waals surface area contributed by atoms with Crippen LogP contribution in [0.1, 0.15) is 52.5 Å². The predicted molar refractivity (Wildman–Crippen MR) is 93.6 cm³/mol. The minimum atomic E-state index is -0.0144. The lowest BCUT2D eigenvalue weighted by Crippen LogP contribution is -2.33. The maximum absolute atomic E-state index is 12.7. The van der Waals surface area contributed by atoms with Gasteiger partial charge in [-0.05, 0) is 47.1 Å². The van der Waals surface area contributed by atoms with E-state index in [1.165, 1.54) is 6.92 Å². The van der Waals surface area contributed by atoms with Crippen LogP contribution in [0.3, 0.4) is 0 Å². The molecule has 7 nitrogen and oxygen atoms in total. The predicted octanol–water partition coefficient (Wildman–Crippen LogP) is 1.99. The summed E-state index contributed by atoms with van der Waals surface area (Å²) >= 11 is 0. The number of likely N-dealkylation sites (tertiary alicyclic amines) is 1. The molecular weight excluding hydrogens is 318 g/mol. The molecule has 3 heterocycles. The van der Waals surface area contributed by atoms with Gasteiger partial charge in [0.15, 0.2) is 5.78 Å². The van der Waals surface area contributed by atoms with Gasteiger partial charge < -0.3 is 4.90 Å². The van der Waals surface area contributed by atoms with E-state index in [9.17, 15) is 9.59 Å². The topological polar surface area (TPSA) is 73.0 Å². The third-order valence-electron chi connectivity index (χ3n) is 4.93. The molecule has 1 saturated heterocycles. The molecule has 0 radical (unpaired) electrons. The zero-order valence-electron chi connectivity index (χ0n) is 15.5. The number of rotatable bonds is 4. The Kier molecular flexibility index (Phi) is 4.49. The smallest absolute Gasteiger partial charge is 0.244 e. The summed E-state index contributed by atoms with van der Waals surface area (Å²) in [6, 6.07) is 2.29. The molecule has 0 aliphatic carbocycles. The van der Waals surface area contributed by atoms with Gasteiger partial charge in [0.05, 0.1) is 23.0 Å². The Labute approximate surface area is 147 Å². The molecule has 3 rings (SSSR count). The lowest BCUT2D eigenvalue weighted by Gasteiger charge is -2.18. The maximum Gasteiger partial charge on any atom is 0.244 e. The number of ketones is 1. The zero-order valence-corrected chi connectivity index (χ0v) is 15.5. The first-order valence-electron chi connectivity index (χ1n) is 8.63. The van der Waals surface area contributed by atoms with Crippen molar-refractivity contribution in [1.82, 2.24) is 24.5 Å². The molecule has 1 atom stereocenters. The molecule has 0 N–H and O–H groups in total. The van der Waals surface area contributed by atoms with E-state index >= 15 is 0 Å².